The molecule has 34 heavy (non-hydrogen) atoms. The minimum Gasteiger partial charge on any atom is -0.506 e. The number of anilines is 1. The number of amides is 1. The van der Waals surface area contributed by atoms with Crippen molar-refractivity contribution in [1.82, 2.24) is 5.43 Å². The summed E-state index contributed by atoms with van der Waals surface area (Å²) in [5.41, 5.74) is 4.06. The molecule has 182 valence electrons. The number of benzene rings is 1. The Labute approximate surface area is 198 Å². The summed E-state index contributed by atoms with van der Waals surface area (Å²) in [6, 6.07) is 5.76. The third kappa shape index (κ3) is 4.89. The molecule has 0 atom stereocenters. The van der Waals surface area contributed by atoms with Crippen LogP contribution in [0.4, 0.5) is 5.69 Å². The summed E-state index contributed by atoms with van der Waals surface area (Å²) in [5, 5.41) is 22.0. The van der Waals surface area contributed by atoms with E-state index in [1.165, 1.54) is 0 Å². The molecule has 9 nitrogen and oxygen atoms in total. The van der Waals surface area contributed by atoms with Crippen LogP contribution in [0.2, 0.25) is 0 Å². The van der Waals surface area contributed by atoms with Gasteiger partial charge in [-0.2, -0.15) is 0 Å². The molecule has 0 fully saturated rings. The molecule has 0 saturated carbocycles. The van der Waals surface area contributed by atoms with Crippen molar-refractivity contribution >= 4 is 34.6 Å². The van der Waals surface area contributed by atoms with E-state index in [0.29, 0.717) is 5.56 Å². The Bertz CT molecular complexity index is 1080. The molecule has 0 saturated heterocycles. The Morgan fingerprint density at radius 3 is 2.32 bits per heavy atom. The summed E-state index contributed by atoms with van der Waals surface area (Å²) in [7, 11) is 0. The summed E-state index contributed by atoms with van der Waals surface area (Å²) in [5.74, 6) is -2.50. The number of hydrogen-bond acceptors (Lipinski definition) is 7. The molecule has 1 aromatic carbocycles. The number of hydrazine groups is 1. The Morgan fingerprint density at radius 2 is 1.76 bits per heavy atom. The molecule has 0 radical (unpaired) electrons. The zero-order valence-electron chi connectivity index (χ0n) is 19.9. The van der Waals surface area contributed by atoms with E-state index in [4.69, 9.17) is 9.84 Å². The number of allylic oxidation sites excluding steroid dienone is 2. The van der Waals surface area contributed by atoms with Crippen LogP contribution in [-0.4, -0.2) is 59.9 Å². The van der Waals surface area contributed by atoms with Crippen LogP contribution < -0.4 is 15.4 Å². The first-order valence-electron chi connectivity index (χ1n) is 11.7. The van der Waals surface area contributed by atoms with Crippen molar-refractivity contribution in [3.8, 4) is 0 Å². The van der Waals surface area contributed by atoms with Gasteiger partial charge in [0.05, 0.1) is 17.8 Å². The van der Waals surface area contributed by atoms with E-state index in [9.17, 15) is 19.5 Å². The molecular weight excluding hydrogens is 438 g/mol. The Balaban J connectivity index is 1.93. The summed E-state index contributed by atoms with van der Waals surface area (Å²) >= 11 is 0. The smallest absolute Gasteiger partial charge is 0.406 e. The maximum atomic E-state index is 13.0. The minimum absolute atomic E-state index is 0.114. The van der Waals surface area contributed by atoms with Crippen LogP contribution >= 0.6 is 0 Å². The van der Waals surface area contributed by atoms with Gasteiger partial charge in [-0.05, 0) is 43.0 Å². The van der Waals surface area contributed by atoms with Crippen molar-refractivity contribution in [2.24, 2.45) is 0 Å². The summed E-state index contributed by atoms with van der Waals surface area (Å²) < 4.78 is 4.84. The summed E-state index contributed by atoms with van der Waals surface area (Å²) in [6.07, 6.45) is 4.37. The molecule has 0 unspecified atom stereocenters. The molecule has 1 amide bonds. The second-order valence-corrected chi connectivity index (χ2v) is 8.31. The number of hydrogen-bond donors (Lipinski definition) is 4. The Kier molecular flexibility index (Phi) is 8.22. The SMILES string of the molecule is CCCCN(CCCC)c1ccc(C2=C(O)/C(=C3\C(=O)N[NH+]=C3C(=O)OCCO)C2=O)c(C)c1. The first-order valence-corrected chi connectivity index (χ1v) is 11.7. The molecule has 0 bridgehead atoms. The predicted molar refractivity (Wildman–Crippen MR) is 127 cm³/mol. The number of ether oxygens (including phenoxy) is 1. The number of nitrogens with zero attached hydrogens (tertiary/aromatic N) is 1. The summed E-state index contributed by atoms with van der Waals surface area (Å²) in [6.45, 7) is 7.45. The fourth-order valence-electron chi connectivity index (χ4n) is 4.04. The highest BCUT2D eigenvalue weighted by atomic mass is 16.5. The summed E-state index contributed by atoms with van der Waals surface area (Å²) in [4.78, 5) is 39.9. The number of aliphatic hydroxyl groups is 2. The number of rotatable bonds is 11. The van der Waals surface area contributed by atoms with Crippen molar-refractivity contribution in [3.63, 3.8) is 0 Å². The molecule has 0 spiro atoms. The fourth-order valence-corrected chi connectivity index (χ4v) is 4.04. The van der Waals surface area contributed by atoms with Crippen LogP contribution in [0.5, 0.6) is 0 Å². The number of nitrogens with one attached hydrogen (secondary N) is 2. The number of carbonyl (C=O) groups excluding carboxylic acids is 3. The number of Topliss-reactive ketones (excluding diaryl/α,β-unsaturated/α-hetero) is 1. The average molecular weight is 471 g/mol. The van der Waals surface area contributed by atoms with Gasteiger partial charge in [0.1, 0.15) is 17.9 Å². The third-order valence-corrected chi connectivity index (χ3v) is 5.89. The molecule has 1 aromatic rings. The van der Waals surface area contributed by atoms with E-state index in [1.807, 2.05) is 25.1 Å². The minimum atomic E-state index is -0.913. The van der Waals surface area contributed by atoms with E-state index in [-0.39, 0.29) is 41.4 Å². The zero-order valence-corrected chi connectivity index (χ0v) is 19.9. The third-order valence-electron chi connectivity index (χ3n) is 5.89. The van der Waals surface area contributed by atoms with Gasteiger partial charge in [0.15, 0.2) is 0 Å². The van der Waals surface area contributed by atoms with Crippen LogP contribution in [0.1, 0.15) is 50.7 Å². The number of aryl methyl sites for hydroxylation is 1. The quantitative estimate of drug-likeness (QED) is 0.276. The highest BCUT2D eigenvalue weighted by Crippen LogP contribution is 2.40. The number of carbonyl (C=O) groups is 3. The Morgan fingerprint density at radius 1 is 1.09 bits per heavy atom. The van der Waals surface area contributed by atoms with E-state index in [2.05, 4.69) is 29.3 Å². The number of aliphatic hydroxyl groups excluding tert-OH is 2. The van der Waals surface area contributed by atoms with Gasteiger partial charge in [-0.15, -0.1) is 10.5 Å². The highest BCUT2D eigenvalue weighted by Gasteiger charge is 2.47. The van der Waals surface area contributed by atoms with Gasteiger partial charge in [-0.25, -0.2) is 4.79 Å². The normalized spacial score (nSPS) is 17.5. The van der Waals surface area contributed by atoms with Crippen LogP contribution in [0.25, 0.3) is 5.57 Å². The van der Waals surface area contributed by atoms with Gasteiger partial charge in [0, 0.05) is 18.8 Å². The van der Waals surface area contributed by atoms with E-state index < -0.39 is 17.7 Å². The van der Waals surface area contributed by atoms with Gasteiger partial charge >= 0.3 is 17.6 Å². The van der Waals surface area contributed by atoms with Crippen LogP contribution in [0.15, 0.2) is 35.1 Å². The second kappa shape index (κ2) is 11.1. The second-order valence-electron chi connectivity index (χ2n) is 8.31. The van der Waals surface area contributed by atoms with E-state index in [1.54, 1.807) is 0 Å². The molecule has 1 aliphatic heterocycles. The Hall–Kier alpha value is -3.46. The highest BCUT2D eigenvalue weighted by molar-refractivity contribution is 6.53. The van der Waals surface area contributed by atoms with Gasteiger partial charge in [0.2, 0.25) is 5.78 Å². The lowest BCUT2D eigenvalue weighted by atomic mass is 9.78. The molecule has 2 aliphatic rings. The zero-order chi connectivity index (χ0) is 24.8. The van der Waals surface area contributed by atoms with Gasteiger partial charge in [-0.1, -0.05) is 32.8 Å². The number of hydrazone groups is 1. The van der Waals surface area contributed by atoms with E-state index in [0.717, 1.165) is 50.0 Å². The van der Waals surface area contributed by atoms with Crippen molar-refractivity contribution in [2.45, 2.75) is 46.5 Å². The first kappa shape index (κ1) is 25.2. The molecule has 1 aliphatic carbocycles. The molecule has 3 rings (SSSR count). The largest absolute Gasteiger partial charge is 0.506 e. The van der Waals surface area contributed by atoms with E-state index >= 15 is 0 Å². The topological polar surface area (TPSA) is 130 Å². The van der Waals surface area contributed by atoms with Crippen molar-refractivity contribution in [2.75, 3.05) is 31.2 Å². The van der Waals surface area contributed by atoms with Crippen LogP contribution in [-0.2, 0) is 19.1 Å². The fraction of sp³-hybridized carbons (Fsp3) is 0.440. The van der Waals surface area contributed by atoms with Gasteiger partial charge in [0.25, 0.3) is 0 Å². The van der Waals surface area contributed by atoms with Crippen LogP contribution in [0, 0.1) is 6.92 Å². The molecule has 4 N–H and O–H groups in total. The molecule has 9 heteroatoms. The molecule has 1 heterocycles. The standard InChI is InChI=1S/C25H31N3O6/c1-4-6-10-28(11-7-5-2)16-8-9-17(15(3)14-16)18-22(30)20(23(18)31)19-21(26-27-24(19)32)25(33)34-13-12-29/h8-9,14,29-30H,4-7,10-13H2,1-3H3,(H,27,32)/p+1/b20-19+. The van der Waals surface area contributed by atoms with Gasteiger partial charge in [-0.3, -0.25) is 9.59 Å². The maximum absolute atomic E-state index is 13.0. The van der Waals surface area contributed by atoms with Gasteiger partial charge < -0.3 is 19.8 Å². The number of ketones is 1. The maximum Gasteiger partial charge on any atom is 0.406 e. The first-order chi connectivity index (χ1) is 16.3. The lowest BCUT2D eigenvalue weighted by Crippen LogP contribution is -2.80. The predicted octanol–water partition coefficient (Wildman–Crippen LogP) is 0.652. The lowest BCUT2D eigenvalue weighted by molar-refractivity contribution is -0.503. The van der Waals surface area contributed by atoms with Crippen molar-refractivity contribution in [3.05, 3.63) is 46.2 Å². The number of unbranched alkanes of at least 4 members (excludes halogenated alkanes) is 2. The molecule has 0 aromatic heterocycles. The van der Waals surface area contributed by atoms with Crippen molar-refractivity contribution < 1.29 is 34.4 Å². The monoisotopic (exact) mass is 470 g/mol. The van der Waals surface area contributed by atoms with Crippen LogP contribution in [0.3, 0.4) is 0 Å². The average Bonchev–Trinajstić information content (AvgIpc) is 3.19. The number of esters is 1. The lowest BCUT2D eigenvalue weighted by Gasteiger charge is -2.27. The van der Waals surface area contributed by atoms with Crippen molar-refractivity contribution in [1.29, 1.82) is 0 Å². The molecular formula is C25H32N3O6+.